The molecule has 3 rings (SSSR count). The number of hydrogen-bond donors (Lipinski definition) is 0. The van der Waals surface area contributed by atoms with Gasteiger partial charge in [0.1, 0.15) is 5.82 Å². The van der Waals surface area contributed by atoms with Crippen molar-refractivity contribution in [3.63, 3.8) is 0 Å². The second-order valence-corrected chi connectivity index (χ2v) is 7.82. The molecule has 0 aromatic heterocycles. The molecule has 0 amide bonds. The first-order chi connectivity index (χ1) is 11.9. The van der Waals surface area contributed by atoms with Gasteiger partial charge in [-0.2, -0.15) is 8.78 Å². The summed E-state index contributed by atoms with van der Waals surface area (Å²) in [5.74, 6) is -4.03. The highest BCUT2D eigenvalue weighted by atomic mass is 35.5. The van der Waals surface area contributed by atoms with Crippen LogP contribution in [0.4, 0.5) is 13.2 Å². The van der Waals surface area contributed by atoms with E-state index in [0.717, 1.165) is 18.2 Å². The quantitative estimate of drug-likeness (QED) is 0.702. The fourth-order valence-electron chi connectivity index (χ4n) is 2.69. The minimum absolute atomic E-state index is 0.222. The Kier molecular flexibility index (Phi) is 4.66. The van der Waals surface area contributed by atoms with Gasteiger partial charge in [0, 0.05) is 11.1 Å². The van der Waals surface area contributed by atoms with Crippen molar-refractivity contribution in [3.8, 4) is 0 Å². The average molecular weight is 383 g/mol. The zero-order valence-electron chi connectivity index (χ0n) is 14.9. The van der Waals surface area contributed by atoms with Crippen LogP contribution in [0.2, 0.25) is 5.02 Å². The molecule has 2 aromatic carbocycles. The Morgan fingerprint density at radius 1 is 0.885 bits per heavy atom. The van der Waals surface area contributed by atoms with Gasteiger partial charge in [0.2, 0.25) is 0 Å². The van der Waals surface area contributed by atoms with Crippen LogP contribution >= 0.6 is 11.6 Å². The Labute approximate surface area is 156 Å². The van der Waals surface area contributed by atoms with Crippen molar-refractivity contribution in [1.29, 1.82) is 0 Å². The van der Waals surface area contributed by atoms with Gasteiger partial charge in [0.15, 0.2) is 0 Å². The van der Waals surface area contributed by atoms with E-state index in [-0.39, 0.29) is 16.1 Å². The lowest BCUT2D eigenvalue weighted by molar-refractivity contribution is 0.00578. The molecule has 0 atom stereocenters. The van der Waals surface area contributed by atoms with E-state index in [1.165, 1.54) is 12.1 Å². The molecule has 1 fully saturated rings. The van der Waals surface area contributed by atoms with Gasteiger partial charge in [-0.15, -0.1) is 0 Å². The lowest BCUT2D eigenvalue weighted by atomic mass is 9.78. The van der Waals surface area contributed by atoms with E-state index in [4.69, 9.17) is 20.9 Å². The number of alkyl halides is 2. The molecule has 1 aliphatic rings. The highest BCUT2D eigenvalue weighted by Crippen LogP contribution is 2.38. The summed E-state index contributed by atoms with van der Waals surface area (Å²) < 4.78 is 54.5. The standard InChI is InChI=1S/C19H19BClF3O2/c1-17(2)18(3,4)26-20(25-17)14-8-5-12(6-9-14)19(23,24)13-7-10-16(22)15(21)11-13/h5-11H,1-4H3. The molecule has 0 radical (unpaired) electrons. The van der Waals surface area contributed by atoms with E-state index in [0.29, 0.717) is 5.46 Å². The molecule has 0 saturated carbocycles. The summed E-state index contributed by atoms with van der Waals surface area (Å²) in [7, 11) is -0.622. The molecule has 26 heavy (non-hydrogen) atoms. The lowest BCUT2D eigenvalue weighted by Gasteiger charge is -2.32. The largest absolute Gasteiger partial charge is 0.494 e. The fraction of sp³-hybridized carbons (Fsp3) is 0.368. The molecular weight excluding hydrogens is 363 g/mol. The Morgan fingerprint density at radius 2 is 1.38 bits per heavy atom. The van der Waals surface area contributed by atoms with E-state index in [1.807, 2.05) is 27.7 Å². The predicted octanol–water partition coefficient (Wildman–Crippen LogP) is 4.92. The van der Waals surface area contributed by atoms with E-state index in [2.05, 4.69) is 0 Å². The van der Waals surface area contributed by atoms with Crippen LogP contribution in [0, 0.1) is 5.82 Å². The van der Waals surface area contributed by atoms with Crippen LogP contribution in [-0.2, 0) is 15.2 Å². The molecule has 1 saturated heterocycles. The Balaban J connectivity index is 1.86. The predicted molar refractivity (Wildman–Crippen MR) is 96.6 cm³/mol. The first-order valence-corrected chi connectivity index (χ1v) is 8.61. The molecule has 0 N–H and O–H groups in total. The van der Waals surface area contributed by atoms with Crippen molar-refractivity contribution in [2.75, 3.05) is 0 Å². The number of halogens is 4. The zero-order chi connectivity index (χ0) is 19.3. The Morgan fingerprint density at radius 3 is 1.88 bits per heavy atom. The topological polar surface area (TPSA) is 18.5 Å². The van der Waals surface area contributed by atoms with Gasteiger partial charge in [0.25, 0.3) is 5.92 Å². The molecule has 138 valence electrons. The maximum Gasteiger partial charge on any atom is 0.494 e. The second kappa shape index (κ2) is 6.29. The summed E-state index contributed by atoms with van der Waals surface area (Å²) in [5, 5.41) is -0.337. The normalized spacial score (nSPS) is 19.0. The molecule has 2 aromatic rings. The van der Waals surface area contributed by atoms with Crippen LogP contribution in [0.15, 0.2) is 42.5 Å². The Hall–Kier alpha value is -1.50. The van der Waals surface area contributed by atoms with Gasteiger partial charge >= 0.3 is 7.12 Å². The van der Waals surface area contributed by atoms with Gasteiger partial charge in [-0.05, 0) is 51.4 Å². The highest BCUT2D eigenvalue weighted by molar-refractivity contribution is 6.62. The maximum absolute atomic E-state index is 14.7. The summed E-state index contributed by atoms with van der Waals surface area (Å²) in [5.41, 5.74) is -0.955. The molecule has 0 spiro atoms. The van der Waals surface area contributed by atoms with Gasteiger partial charge in [-0.1, -0.05) is 35.9 Å². The third-order valence-electron chi connectivity index (χ3n) is 5.08. The minimum Gasteiger partial charge on any atom is -0.399 e. The number of rotatable bonds is 3. The van der Waals surface area contributed by atoms with E-state index >= 15 is 0 Å². The monoisotopic (exact) mass is 382 g/mol. The third-order valence-corrected chi connectivity index (χ3v) is 5.37. The molecule has 1 heterocycles. The molecule has 1 aliphatic heterocycles. The van der Waals surface area contributed by atoms with Gasteiger partial charge in [-0.25, -0.2) is 4.39 Å². The van der Waals surface area contributed by atoms with Crippen molar-refractivity contribution in [1.82, 2.24) is 0 Å². The minimum atomic E-state index is -3.30. The number of benzene rings is 2. The maximum atomic E-state index is 14.7. The van der Waals surface area contributed by atoms with Crippen molar-refractivity contribution in [2.24, 2.45) is 0 Å². The lowest BCUT2D eigenvalue weighted by Crippen LogP contribution is -2.41. The molecule has 7 heteroatoms. The van der Waals surface area contributed by atoms with Crippen LogP contribution in [0.1, 0.15) is 38.8 Å². The summed E-state index contributed by atoms with van der Waals surface area (Å²) in [6.07, 6.45) is 0. The van der Waals surface area contributed by atoms with E-state index in [9.17, 15) is 13.2 Å². The zero-order valence-corrected chi connectivity index (χ0v) is 15.7. The molecule has 0 unspecified atom stereocenters. The van der Waals surface area contributed by atoms with Crippen LogP contribution in [0.5, 0.6) is 0 Å². The molecular formula is C19H19BClF3O2. The first kappa shape index (κ1) is 19.3. The van der Waals surface area contributed by atoms with Crippen LogP contribution in [-0.4, -0.2) is 18.3 Å². The summed E-state index contributed by atoms with van der Waals surface area (Å²) >= 11 is 5.63. The van der Waals surface area contributed by atoms with Gasteiger partial charge in [-0.3, -0.25) is 0 Å². The SMILES string of the molecule is CC1(C)OB(c2ccc(C(F)(F)c3ccc(F)c(Cl)c3)cc2)OC1(C)C. The smallest absolute Gasteiger partial charge is 0.399 e. The van der Waals surface area contributed by atoms with Gasteiger partial charge < -0.3 is 9.31 Å². The highest BCUT2D eigenvalue weighted by Gasteiger charge is 2.51. The van der Waals surface area contributed by atoms with Crippen LogP contribution in [0.25, 0.3) is 0 Å². The van der Waals surface area contributed by atoms with Gasteiger partial charge in [0.05, 0.1) is 16.2 Å². The third kappa shape index (κ3) is 3.26. The van der Waals surface area contributed by atoms with E-state index in [1.54, 1.807) is 12.1 Å². The summed E-state index contributed by atoms with van der Waals surface area (Å²) in [4.78, 5) is 0. The summed E-state index contributed by atoms with van der Waals surface area (Å²) in [6.45, 7) is 7.70. The fourth-order valence-corrected chi connectivity index (χ4v) is 2.87. The van der Waals surface area contributed by atoms with Crippen molar-refractivity contribution < 1.29 is 22.5 Å². The van der Waals surface area contributed by atoms with Crippen LogP contribution in [0.3, 0.4) is 0 Å². The van der Waals surface area contributed by atoms with Crippen molar-refractivity contribution in [2.45, 2.75) is 44.8 Å². The average Bonchev–Trinajstić information content (AvgIpc) is 2.78. The molecule has 0 aliphatic carbocycles. The Bertz CT molecular complexity index is 806. The molecule has 2 nitrogen and oxygen atoms in total. The molecule has 0 bridgehead atoms. The second-order valence-electron chi connectivity index (χ2n) is 7.41. The first-order valence-electron chi connectivity index (χ1n) is 8.23. The van der Waals surface area contributed by atoms with Crippen molar-refractivity contribution >= 4 is 24.2 Å². The number of hydrogen-bond acceptors (Lipinski definition) is 2. The summed E-state index contributed by atoms with van der Waals surface area (Å²) in [6, 6.07) is 8.65. The van der Waals surface area contributed by atoms with Crippen molar-refractivity contribution in [3.05, 3.63) is 64.4 Å². The van der Waals surface area contributed by atoms with E-state index < -0.39 is 30.1 Å². The van der Waals surface area contributed by atoms with Crippen LogP contribution < -0.4 is 5.46 Å².